The molecule has 0 aliphatic carbocycles. The van der Waals surface area contributed by atoms with Gasteiger partial charge in [-0.2, -0.15) is 13.2 Å². The number of alkyl halides is 3. The predicted molar refractivity (Wildman–Crippen MR) is 35.6 cm³/mol. The lowest BCUT2D eigenvalue weighted by atomic mass is 10.2. The molecule has 0 saturated carbocycles. The Bertz CT molecular complexity index is 263. The standard InChI is InChI=1S/C7H6F3NO/c8-7(9,10)6(12)4-5-2-1-3-11-5/h1-3,11H,4H2. The monoisotopic (exact) mass is 177 g/mol. The average Bonchev–Trinajstić information content (AvgIpc) is 2.37. The van der Waals surface area contributed by atoms with Gasteiger partial charge in [0.15, 0.2) is 0 Å². The highest BCUT2D eigenvalue weighted by Crippen LogP contribution is 2.17. The van der Waals surface area contributed by atoms with E-state index in [1.807, 2.05) is 0 Å². The van der Waals surface area contributed by atoms with Crippen LogP contribution in [-0.2, 0) is 11.2 Å². The number of H-pyrrole nitrogens is 1. The summed E-state index contributed by atoms with van der Waals surface area (Å²) in [5.74, 6) is -1.73. The molecule has 1 aromatic rings. The van der Waals surface area contributed by atoms with E-state index in [1.54, 1.807) is 6.07 Å². The fourth-order valence-corrected chi connectivity index (χ4v) is 0.751. The Morgan fingerprint density at radius 3 is 2.58 bits per heavy atom. The second-order valence-corrected chi connectivity index (χ2v) is 2.29. The minimum atomic E-state index is -4.73. The van der Waals surface area contributed by atoms with E-state index in [0.717, 1.165) is 0 Å². The number of nitrogens with one attached hydrogen (secondary N) is 1. The topological polar surface area (TPSA) is 32.9 Å². The summed E-state index contributed by atoms with van der Waals surface area (Å²) in [6, 6.07) is 2.97. The Balaban J connectivity index is 2.60. The summed E-state index contributed by atoms with van der Waals surface area (Å²) in [7, 11) is 0. The molecule has 0 bridgehead atoms. The summed E-state index contributed by atoms with van der Waals surface area (Å²) in [6.45, 7) is 0. The fourth-order valence-electron chi connectivity index (χ4n) is 0.751. The van der Waals surface area contributed by atoms with Crippen molar-refractivity contribution in [3.05, 3.63) is 24.0 Å². The zero-order valence-corrected chi connectivity index (χ0v) is 5.98. The molecule has 2 nitrogen and oxygen atoms in total. The molecule has 0 amide bonds. The zero-order valence-electron chi connectivity index (χ0n) is 5.98. The first-order valence-corrected chi connectivity index (χ1v) is 3.22. The lowest BCUT2D eigenvalue weighted by molar-refractivity contribution is -0.170. The molecule has 5 heteroatoms. The van der Waals surface area contributed by atoms with Gasteiger partial charge in [-0.1, -0.05) is 0 Å². The summed E-state index contributed by atoms with van der Waals surface area (Å²) in [5, 5.41) is 0. The number of aromatic nitrogens is 1. The third-order valence-electron chi connectivity index (χ3n) is 1.33. The number of Topliss-reactive ketones (excluding diaryl/α,β-unsaturated/α-hetero) is 1. The van der Waals surface area contributed by atoms with Crippen molar-refractivity contribution in [1.82, 2.24) is 4.98 Å². The summed E-state index contributed by atoms with van der Waals surface area (Å²) in [4.78, 5) is 12.9. The van der Waals surface area contributed by atoms with E-state index in [4.69, 9.17) is 0 Å². The number of hydrogen-bond acceptors (Lipinski definition) is 1. The molecule has 1 rings (SSSR count). The number of halogens is 3. The van der Waals surface area contributed by atoms with Crippen LogP contribution in [0.4, 0.5) is 13.2 Å². The number of hydrogen-bond donors (Lipinski definition) is 1. The molecule has 0 aliphatic rings. The van der Waals surface area contributed by atoms with Crippen LogP contribution in [0, 0.1) is 0 Å². The minimum absolute atomic E-state index is 0.275. The van der Waals surface area contributed by atoms with Gasteiger partial charge in [-0.3, -0.25) is 4.79 Å². The third kappa shape index (κ3) is 2.11. The summed E-state index contributed by atoms with van der Waals surface area (Å²) in [6.07, 6.45) is -3.87. The Kier molecular flexibility index (Phi) is 2.21. The van der Waals surface area contributed by atoms with Crippen molar-refractivity contribution in [2.75, 3.05) is 0 Å². The first-order valence-electron chi connectivity index (χ1n) is 3.22. The predicted octanol–water partition coefficient (Wildman–Crippen LogP) is 1.69. The van der Waals surface area contributed by atoms with Crippen LogP contribution in [0.1, 0.15) is 5.69 Å². The second kappa shape index (κ2) is 3.00. The molecule has 0 atom stereocenters. The number of carbonyl (C=O) groups is 1. The Morgan fingerprint density at radius 2 is 2.17 bits per heavy atom. The van der Waals surface area contributed by atoms with Crippen molar-refractivity contribution in [3.8, 4) is 0 Å². The summed E-state index contributed by atoms with van der Waals surface area (Å²) < 4.78 is 35.0. The fraction of sp³-hybridized carbons (Fsp3) is 0.286. The van der Waals surface area contributed by atoms with E-state index in [2.05, 4.69) is 4.98 Å². The Morgan fingerprint density at radius 1 is 1.50 bits per heavy atom. The second-order valence-electron chi connectivity index (χ2n) is 2.29. The van der Waals surface area contributed by atoms with Gasteiger partial charge in [0, 0.05) is 11.9 Å². The molecule has 1 aromatic heterocycles. The van der Waals surface area contributed by atoms with E-state index in [1.165, 1.54) is 12.3 Å². The quantitative estimate of drug-likeness (QED) is 0.732. The molecule has 1 heterocycles. The maximum Gasteiger partial charge on any atom is 0.450 e. The maximum atomic E-state index is 11.7. The molecular weight excluding hydrogens is 171 g/mol. The molecular formula is C7H6F3NO. The molecule has 0 aromatic carbocycles. The van der Waals surface area contributed by atoms with E-state index in [-0.39, 0.29) is 5.69 Å². The molecule has 1 N–H and O–H groups in total. The number of ketones is 1. The molecule has 66 valence electrons. The van der Waals surface area contributed by atoms with Crippen LogP contribution in [0.3, 0.4) is 0 Å². The maximum absolute atomic E-state index is 11.7. The third-order valence-corrected chi connectivity index (χ3v) is 1.33. The van der Waals surface area contributed by atoms with Crippen LogP contribution >= 0.6 is 0 Å². The highest BCUT2D eigenvalue weighted by atomic mass is 19.4. The smallest absolute Gasteiger partial charge is 0.365 e. The van der Waals surface area contributed by atoms with Crippen LogP contribution < -0.4 is 0 Å². The minimum Gasteiger partial charge on any atom is -0.365 e. The number of rotatable bonds is 2. The lowest BCUT2D eigenvalue weighted by Crippen LogP contribution is -2.24. The first-order chi connectivity index (χ1) is 5.50. The lowest BCUT2D eigenvalue weighted by Gasteiger charge is -2.02. The van der Waals surface area contributed by atoms with Crippen LogP contribution in [0.5, 0.6) is 0 Å². The van der Waals surface area contributed by atoms with Gasteiger partial charge in [0.25, 0.3) is 0 Å². The summed E-state index contributed by atoms with van der Waals surface area (Å²) in [5.41, 5.74) is 0.275. The van der Waals surface area contributed by atoms with E-state index in [0.29, 0.717) is 0 Å². The van der Waals surface area contributed by atoms with Gasteiger partial charge >= 0.3 is 6.18 Å². The largest absolute Gasteiger partial charge is 0.450 e. The van der Waals surface area contributed by atoms with Crippen molar-refractivity contribution < 1.29 is 18.0 Å². The van der Waals surface area contributed by atoms with E-state index >= 15 is 0 Å². The van der Waals surface area contributed by atoms with Crippen molar-refractivity contribution in [2.24, 2.45) is 0 Å². The highest BCUT2D eigenvalue weighted by molar-refractivity contribution is 5.85. The van der Waals surface area contributed by atoms with E-state index in [9.17, 15) is 18.0 Å². The average molecular weight is 177 g/mol. The van der Waals surface area contributed by atoms with Gasteiger partial charge in [-0.05, 0) is 12.1 Å². The molecule has 0 aliphatic heterocycles. The van der Waals surface area contributed by atoms with Crippen molar-refractivity contribution in [1.29, 1.82) is 0 Å². The van der Waals surface area contributed by atoms with Crippen LogP contribution in [0.25, 0.3) is 0 Å². The normalized spacial score (nSPS) is 11.6. The van der Waals surface area contributed by atoms with Crippen molar-refractivity contribution in [3.63, 3.8) is 0 Å². The highest BCUT2D eigenvalue weighted by Gasteiger charge is 2.37. The molecule has 0 saturated heterocycles. The molecule has 0 spiro atoms. The van der Waals surface area contributed by atoms with Gasteiger partial charge in [0.1, 0.15) is 0 Å². The Hall–Kier alpha value is -1.26. The zero-order chi connectivity index (χ0) is 9.19. The van der Waals surface area contributed by atoms with Crippen LogP contribution in [0.2, 0.25) is 0 Å². The van der Waals surface area contributed by atoms with Crippen LogP contribution in [-0.4, -0.2) is 16.9 Å². The van der Waals surface area contributed by atoms with Crippen molar-refractivity contribution in [2.45, 2.75) is 12.6 Å². The SMILES string of the molecule is O=C(Cc1ccc[nH]1)C(F)(F)F. The van der Waals surface area contributed by atoms with Gasteiger partial charge in [0.2, 0.25) is 5.78 Å². The molecule has 0 radical (unpaired) electrons. The molecule has 0 fully saturated rings. The molecule has 12 heavy (non-hydrogen) atoms. The van der Waals surface area contributed by atoms with Crippen LogP contribution in [0.15, 0.2) is 18.3 Å². The van der Waals surface area contributed by atoms with E-state index < -0.39 is 18.4 Å². The van der Waals surface area contributed by atoms with Gasteiger partial charge in [0.05, 0.1) is 6.42 Å². The van der Waals surface area contributed by atoms with Gasteiger partial charge in [-0.25, -0.2) is 0 Å². The number of aromatic amines is 1. The van der Waals surface area contributed by atoms with Crippen molar-refractivity contribution >= 4 is 5.78 Å². The van der Waals surface area contributed by atoms with Gasteiger partial charge < -0.3 is 4.98 Å². The first kappa shape index (κ1) is 8.83. The number of carbonyl (C=O) groups excluding carboxylic acids is 1. The molecule has 0 unspecified atom stereocenters. The van der Waals surface area contributed by atoms with Gasteiger partial charge in [-0.15, -0.1) is 0 Å². The summed E-state index contributed by atoms with van der Waals surface area (Å²) >= 11 is 0. The Labute approximate surface area is 66.4 Å².